The molecular weight excluding hydrogens is 316 g/mol. The molecular formula is C17H21ClN2O3. The van der Waals surface area contributed by atoms with Gasteiger partial charge in [0.1, 0.15) is 5.75 Å². The second-order valence-electron chi connectivity index (χ2n) is 5.64. The van der Waals surface area contributed by atoms with Crippen LogP contribution < -0.4 is 0 Å². The summed E-state index contributed by atoms with van der Waals surface area (Å²) in [6, 6.07) is 3.32. The van der Waals surface area contributed by atoms with Gasteiger partial charge in [0.05, 0.1) is 0 Å². The van der Waals surface area contributed by atoms with Crippen LogP contribution in [-0.2, 0) is 16.0 Å². The second-order valence-corrected chi connectivity index (χ2v) is 6.05. The van der Waals surface area contributed by atoms with Crippen molar-refractivity contribution in [1.82, 2.24) is 9.80 Å². The summed E-state index contributed by atoms with van der Waals surface area (Å²) < 4.78 is 0. The lowest BCUT2D eigenvalue weighted by molar-refractivity contribution is -0.137. The lowest BCUT2D eigenvalue weighted by atomic mass is 10.0. The average Bonchev–Trinajstić information content (AvgIpc) is 2.56. The fourth-order valence-corrected chi connectivity index (χ4v) is 2.79. The van der Waals surface area contributed by atoms with Gasteiger partial charge in [-0.05, 0) is 36.6 Å². The first-order valence-electron chi connectivity index (χ1n) is 7.59. The smallest absolute Gasteiger partial charge is 0.246 e. The zero-order valence-corrected chi connectivity index (χ0v) is 14.0. The second kappa shape index (κ2) is 7.51. The van der Waals surface area contributed by atoms with E-state index < -0.39 is 0 Å². The number of rotatable bonds is 4. The monoisotopic (exact) mass is 336 g/mol. The van der Waals surface area contributed by atoms with Crippen LogP contribution in [0, 0.1) is 6.92 Å². The van der Waals surface area contributed by atoms with Crippen LogP contribution in [0.4, 0.5) is 0 Å². The Labute approximate surface area is 141 Å². The summed E-state index contributed by atoms with van der Waals surface area (Å²) in [5.41, 5.74) is 1.60. The summed E-state index contributed by atoms with van der Waals surface area (Å²) in [5.74, 6) is 0.0520. The maximum Gasteiger partial charge on any atom is 0.246 e. The molecule has 1 aromatic carbocycles. The third-order valence-electron chi connectivity index (χ3n) is 4.09. The number of halogens is 1. The number of phenols is 1. The topological polar surface area (TPSA) is 60.9 Å². The number of aromatic hydroxyl groups is 1. The number of hydrogen-bond donors (Lipinski definition) is 1. The van der Waals surface area contributed by atoms with Gasteiger partial charge in [-0.2, -0.15) is 0 Å². The van der Waals surface area contributed by atoms with Gasteiger partial charge in [0, 0.05) is 37.6 Å². The van der Waals surface area contributed by atoms with E-state index in [0.29, 0.717) is 44.0 Å². The lowest BCUT2D eigenvalue weighted by Gasteiger charge is -2.34. The van der Waals surface area contributed by atoms with Crippen molar-refractivity contribution in [3.63, 3.8) is 0 Å². The van der Waals surface area contributed by atoms with E-state index >= 15 is 0 Å². The fraction of sp³-hybridized carbons (Fsp3) is 0.412. The van der Waals surface area contributed by atoms with E-state index in [1.165, 1.54) is 12.1 Å². The molecule has 5 nitrogen and oxygen atoms in total. The number of benzene rings is 1. The van der Waals surface area contributed by atoms with E-state index in [1.807, 2.05) is 13.0 Å². The molecule has 0 spiro atoms. The molecule has 23 heavy (non-hydrogen) atoms. The first-order valence-corrected chi connectivity index (χ1v) is 7.97. The van der Waals surface area contributed by atoms with Crippen LogP contribution in [0.5, 0.6) is 5.75 Å². The van der Waals surface area contributed by atoms with Crippen molar-refractivity contribution in [3.8, 4) is 5.75 Å². The number of phenolic OH excluding ortho intramolecular Hbond substituents is 1. The van der Waals surface area contributed by atoms with Gasteiger partial charge in [0.15, 0.2) is 0 Å². The Morgan fingerprint density at radius 1 is 1.26 bits per heavy atom. The maximum absolute atomic E-state index is 12.3. The highest BCUT2D eigenvalue weighted by Crippen LogP contribution is 2.26. The minimum Gasteiger partial charge on any atom is -0.508 e. The number of piperazine rings is 1. The predicted molar refractivity (Wildman–Crippen MR) is 89.5 cm³/mol. The van der Waals surface area contributed by atoms with Gasteiger partial charge in [-0.15, -0.1) is 0 Å². The number of nitrogens with zero attached hydrogens (tertiary/aromatic N) is 2. The summed E-state index contributed by atoms with van der Waals surface area (Å²) in [7, 11) is 0. The number of carbonyl (C=O) groups excluding carboxylic acids is 2. The van der Waals surface area contributed by atoms with Gasteiger partial charge >= 0.3 is 0 Å². The van der Waals surface area contributed by atoms with Crippen LogP contribution in [0.25, 0.3) is 0 Å². The minimum atomic E-state index is -0.0985. The molecule has 1 aliphatic rings. The molecule has 0 aliphatic carbocycles. The summed E-state index contributed by atoms with van der Waals surface area (Å²) in [5, 5.41) is 10.4. The quantitative estimate of drug-likeness (QED) is 0.857. The molecule has 0 aromatic heterocycles. The Bertz CT molecular complexity index is 623. The number of amides is 2. The van der Waals surface area contributed by atoms with E-state index in [4.69, 9.17) is 11.6 Å². The summed E-state index contributed by atoms with van der Waals surface area (Å²) in [4.78, 5) is 27.2. The molecule has 124 valence electrons. The zero-order valence-electron chi connectivity index (χ0n) is 13.2. The molecule has 0 saturated carbocycles. The third kappa shape index (κ3) is 4.26. The SMILES string of the molecule is C=CC(=O)N1CCN(C(=O)CCc2cc(C)c(Cl)cc2O)CC1. The fourth-order valence-electron chi connectivity index (χ4n) is 2.64. The van der Waals surface area contributed by atoms with Crippen molar-refractivity contribution in [3.05, 3.63) is 40.9 Å². The van der Waals surface area contributed by atoms with E-state index in [9.17, 15) is 14.7 Å². The van der Waals surface area contributed by atoms with Crippen molar-refractivity contribution >= 4 is 23.4 Å². The van der Waals surface area contributed by atoms with Gasteiger partial charge in [-0.1, -0.05) is 24.2 Å². The Hall–Kier alpha value is -2.01. The maximum atomic E-state index is 12.3. The molecule has 0 bridgehead atoms. The van der Waals surface area contributed by atoms with Gasteiger partial charge in [-0.25, -0.2) is 0 Å². The molecule has 0 radical (unpaired) electrons. The van der Waals surface area contributed by atoms with Crippen LogP contribution in [0.3, 0.4) is 0 Å². The largest absolute Gasteiger partial charge is 0.508 e. The normalized spacial score (nSPS) is 14.7. The van der Waals surface area contributed by atoms with E-state index in [0.717, 1.165) is 11.1 Å². The molecule has 1 aliphatic heterocycles. The van der Waals surface area contributed by atoms with Crippen LogP contribution >= 0.6 is 11.6 Å². The van der Waals surface area contributed by atoms with Crippen molar-refractivity contribution in [2.75, 3.05) is 26.2 Å². The average molecular weight is 337 g/mol. The molecule has 1 saturated heterocycles. The van der Waals surface area contributed by atoms with Crippen LogP contribution in [0.15, 0.2) is 24.8 Å². The van der Waals surface area contributed by atoms with Crippen molar-refractivity contribution in [2.45, 2.75) is 19.8 Å². The number of carbonyl (C=O) groups is 2. The van der Waals surface area contributed by atoms with Crippen molar-refractivity contribution < 1.29 is 14.7 Å². The Kier molecular flexibility index (Phi) is 5.66. The first kappa shape index (κ1) is 17.3. The number of hydrogen-bond acceptors (Lipinski definition) is 3. The molecule has 1 aromatic rings. The van der Waals surface area contributed by atoms with Crippen LogP contribution in [-0.4, -0.2) is 52.9 Å². The Morgan fingerprint density at radius 2 is 1.87 bits per heavy atom. The summed E-state index contributed by atoms with van der Waals surface area (Å²) >= 11 is 5.95. The first-order chi connectivity index (χ1) is 10.9. The summed E-state index contributed by atoms with van der Waals surface area (Å²) in [6.07, 6.45) is 2.08. The van der Waals surface area contributed by atoms with Gasteiger partial charge in [0.2, 0.25) is 11.8 Å². The molecule has 0 atom stereocenters. The minimum absolute atomic E-state index is 0.0303. The third-order valence-corrected chi connectivity index (χ3v) is 4.49. The Balaban J connectivity index is 1.88. The lowest BCUT2D eigenvalue weighted by Crippen LogP contribution is -2.50. The predicted octanol–water partition coefficient (Wildman–Crippen LogP) is 2.14. The molecule has 1 heterocycles. The summed E-state index contributed by atoms with van der Waals surface area (Å²) in [6.45, 7) is 7.46. The van der Waals surface area contributed by atoms with E-state index in [2.05, 4.69) is 6.58 Å². The molecule has 2 amide bonds. The highest BCUT2D eigenvalue weighted by molar-refractivity contribution is 6.31. The molecule has 1 fully saturated rings. The molecule has 1 N–H and O–H groups in total. The van der Waals surface area contributed by atoms with Crippen LogP contribution in [0.2, 0.25) is 5.02 Å². The zero-order chi connectivity index (χ0) is 17.0. The molecule has 0 unspecified atom stereocenters. The highest BCUT2D eigenvalue weighted by Gasteiger charge is 2.22. The highest BCUT2D eigenvalue weighted by atomic mass is 35.5. The molecule has 6 heteroatoms. The van der Waals surface area contributed by atoms with E-state index in [-0.39, 0.29) is 17.6 Å². The van der Waals surface area contributed by atoms with Gasteiger partial charge < -0.3 is 14.9 Å². The van der Waals surface area contributed by atoms with Crippen molar-refractivity contribution in [2.24, 2.45) is 0 Å². The van der Waals surface area contributed by atoms with Crippen molar-refractivity contribution in [1.29, 1.82) is 0 Å². The van der Waals surface area contributed by atoms with Crippen LogP contribution in [0.1, 0.15) is 17.5 Å². The van der Waals surface area contributed by atoms with E-state index in [1.54, 1.807) is 9.80 Å². The standard InChI is InChI=1S/C17H21ClN2O3/c1-3-16(22)19-6-8-20(9-7-19)17(23)5-4-13-10-12(2)14(18)11-15(13)21/h3,10-11,21H,1,4-9H2,2H3. The number of aryl methyl sites for hydroxylation is 2. The Morgan fingerprint density at radius 3 is 2.48 bits per heavy atom. The van der Waals surface area contributed by atoms with Gasteiger partial charge in [-0.3, -0.25) is 9.59 Å². The van der Waals surface area contributed by atoms with Gasteiger partial charge in [0.25, 0.3) is 0 Å². The molecule has 2 rings (SSSR count).